The van der Waals surface area contributed by atoms with E-state index in [1.54, 1.807) is 0 Å². The second-order valence-corrected chi connectivity index (χ2v) is 8.93. The third kappa shape index (κ3) is 5.14. The molecule has 0 aromatic heterocycles. The van der Waals surface area contributed by atoms with Gasteiger partial charge in [-0.2, -0.15) is 13.2 Å². The van der Waals surface area contributed by atoms with E-state index in [4.69, 9.17) is 0 Å². The van der Waals surface area contributed by atoms with Crippen LogP contribution in [-0.2, 0) is 0 Å². The van der Waals surface area contributed by atoms with Crippen LogP contribution in [0.1, 0.15) is 31.2 Å². The van der Waals surface area contributed by atoms with Crippen LogP contribution in [0.5, 0.6) is 0 Å². The minimum Gasteiger partial charge on any atom is -0.358 e. The Balaban J connectivity index is 1.28. The van der Waals surface area contributed by atoms with Gasteiger partial charge in [0.05, 0.1) is 17.4 Å². The van der Waals surface area contributed by atoms with Crippen LogP contribution < -0.4 is 5.32 Å². The zero-order valence-corrected chi connectivity index (χ0v) is 18.0. The summed E-state index contributed by atoms with van der Waals surface area (Å²) < 4.78 is 39.2. The van der Waals surface area contributed by atoms with E-state index in [0.717, 1.165) is 51.1 Å². The van der Waals surface area contributed by atoms with Crippen LogP contribution >= 0.6 is 0 Å². The second-order valence-electron chi connectivity index (χ2n) is 8.93. The first-order chi connectivity index (χ1) is 14.8. The molecule has 0 bridgehead atoms. The molecule has 0 aliphatic carbocycles. The van der Waals surface area contributed by atoms with Gasteiger partial charge >= 0.3 is 6.18 Å². The number of aliphatic imine (C=N–C) groups is 1. The van der Waals surface area contributed by atoms with E-state index >= 15 is 0 Å². The molecule has 0 amide bonds. The van der Waals surface area contributed by atoms with Crippen molar-refractivity contribution in [3.63, 3.8) is 0 Å². The number of alkyl halides is 3. The minimum atomic E-state index is -4.33. The Morgan fingerprint density at radius 3 is 2.61 bits per heavy atom. The number of hydrogen-bond donors (Lipinski definition) is 1. The van der Waals surface area contributed by atoms with Gasteiger partial charge in [0.2, 0.25) is 0 Å². The normalized spacial score (nSPS) is 27.1. The summed E-state index contributed by atoms with van der Waals surface area (Å²) >= 11 is 0. The molecule has 4 rings (SSSR count). The molecule has 7 heteroatoms. The molecule has 4 unspecified atom stereocenters. The Labute approximate surface area is 182 Å². The highest BCUT2D eigenvalue weighted by atomic mass is 19.4. The van der Waals surface area contributed by atoms with Gasteiger partial charge in [0.25, 0.3) is 0 Å². The largest absolute Gasteiger partial charge is 0.417 e. The van der Waals surface area contributed by atoms with Gasteiger partial charge in [-0.1, -0.05) is 49.9 Å². The fraction of sp³-hybridized carbons (Fsp3) is 0.542. The molecule has 0 saturated carbocycles. The molecule has 2 fully saturated rings. The first-order valence-electron chi connectivity index (χ1n) is 11.1. The zero-order valence-electron chi connectivity index (χ0n) is 18.0. The number of likely N-dealkylation sites (tertiary alicyclic amines) is 2. The van der Waals surface area contributed by atoms with Crippen LogP contribution in [0.2, 0.25) is 0 Å². The van der Waals surface area contributed by atoms with E-state index in [9.17, 15) is 13.2 Å². The Hall–Kier alpha value is -2.28. The van der Waals surface area contributed by atoms with Gasteiger partial charge in [-0.15, -0.1) is 0 Å². The smallest absolute Gasteiger partial charge is 0.358 e. The van der Waals surface area contributed by atoms with E-state index in [2.05, 4.69) is 57.9 Å². The van der Waals surface area contributed by atoms with Crippen molar-refractivity contribution in [2.45, 2.75) is 43.9 Å². The van der Waals surface area contributed by atoms with E-state index in [1.165, 1.54) is 11.6 Å². The number of dihydropyridines is 1. The number of hydrogen-bond acceptors (Lipinski definition) is 4. The Kier molecular flexibility index (Phi) is 6.42. The zero-order chi connectivity index (χ0) is 22.0. The third-order valence-electron chi connectivity index (χ3n) is 6.75. The number of piperidine rings is 1. The fourth-order valence-electron chi connectivity index (χ4n) is 4.77. The van der Waals surface area contributed by atoms with E-state index in [-0.39, 0.29) is 12.0 Å². The Morgan fingerprint density at radius 2 is 1.87 bits per heavy atom. The molecule has 168 valence electrons. The SMILES string of the molecule is C=C(N1CCC(NCC(C)c2ccccc2)C1)N1CCC2N=CC(C(F)(F)F)=CC2C1. The summed E-state index contributed by atoms with van der Waals surface area (Å²) in [7, 11) is 0. The predicted molar refractivity (Wildman–Crippen MR) is 118 cm³/mol. The summed E-state index contributed by atoms with van der Waals surface area (Å²) in [6.07, 6.45) is -0.178. The second kappa shape index (κ2) is 9.07. The molecule has 0 spiro atoms. The first kappa shape index (κ1) is 21.9. The number of nitrogens with zero attached hydrogens (tertiary/aromatic N) is 3. The third-order valence-corrected chi connectivity index (χ3v) is 6.75. The number of benzene rings is 1. The lowest BCUT2D eigenvalue weighted by molar-refractivity contribution is -0.0865. The lowest BCUT2D eigenvalue weighted by atomic mass is 9.88. The summed E-state index contributed by atoms with van der Waals surface area (Å²) in [5, 5.41) is 3.68. The molecule has 0 radical (unpaired) electrons. The average Bonchev–Trinajstić information content (AvgIpc) is 3.25. The van der Waals surface area contributed by atoms with Crippen molar-refractivity contribution >= 4 is 6.21 Å². The molecule has 31 heavy (non-hydrogen) atoms. The van der Waals surface area contributed by atoms with Gasteiger partial charge in [0, 0.05) is 50.9 Å². The maximum Gasteiger partial charge on any atom is 0.417 e. The minimum absolute atomic E-state index is 0.0531. The molecule has 3 heterocycles. The molecule has 2 saturated heterocycles. The van der Waals surface area contributed by atoms with Crippen LogP contribution in [0.4, 0.5) is 13.2 Å². The highest BCUT2D eigenvalue weighted by Crippen LogP contribution is 2.33. The predicted octanol–water partition coefficient (Wildman–Crippen LogP) is 4.19. The number of fused-ring (bicyclic) bond motifs is 1. The summed E-state index contributed by atoms with van der Waals surface area (Å²) in [6.45, 7) is 10.6. The van der Waals surface area contributed by atoms with Gasteiger partial charge < -0.3 is 15.1 Å². The van der Waals surface area contributed by atoms with Crippen molar-refractivity contribution in [1.82, 2.24) is 15.1 Å². The first-order valence-corrected chi connectivity index (χ1v) is 11.1. The van der Waals surface area contributed by atoms with Gasteiger partial charge in [-0.25, -0.2) is 0 Å². The number of allylic oxidation sites excluding steroid dienone is 1. The van der Waals surface area contributed by atoms with Crippen LogP contribution in [0.3, 0.4) is 0 Å². The van der Waals surface area contributed by atoms with Crippen molar-refractivity contribution in [2.75, 3.05) is 32.7 Å². The van der Waals surface area contributed by atoms with Crippen molar-refractivity contribution in [2.24, 2.45) is 10.9 Å². The highest BCUT2D eigenvalue weighted by molar-refractivity contribution is 5.81. The fourth-order valence-corrected chi connectivity index (χ4v) is 4.77. The topological polar surface area (TPSA) is 30.9 Å². The molecule has 3 aliphatic heterocycles. The maximum absolute atomic E-state index is 13.1. The molecule has 1 aromatic rings. The quantitative estimate of drug-likeness (QED) is 0.731. The monoisotopic (exact) mass is 432 g/mol. The van der Waals surface area contributed by atoms with Crippen LogP contribution in [0.15, 0.2) is 59.4 Å². The lowest BCUT2D eigenvalue weighted by Crippen LogP contribution is -2.46. The van der Waals surface area contributed by atoms with Crippen LogP contribution in [0.25, 0.3) is 0 Å². The lowest BCUT2D eigenvalue weighted by Gasteiger charge is -2.41. The summed E-state index contributed by atoms with van der Waals surface area (Å²) in [5.74, 6) is 1.16. The van der Waals surface area contributed by atoms with Crippen molar-refractivity contribution in [3.05, 3.63) is 59.9 Å². The van der Waals surface area contributed by atoms with Crippen molar-refractivity contribution in [1.29, 1.82) is 0 Å². The van der Waals surface area contributed by atoms with E-state index in [1.807, 2.05) is 6.07 Å². The van der Waals surface area contributed by atoms with Crippen molar-refractivity contribution < 1.29 is 13.2 Å². The van der Waals surface area contributed by atoms with Crippen LogP contribution in [-0.4, -0.2) is 67.0 Å². The molecule has 4 nitrogen and oxygen atoms in total. The number of nitrogens with one attached hydrogen (secondary N) is 1. The number of halogens is 3. The average molecular weight is 433 g/mol. The van der Waals surface area contributed by atoms with Gasteiger partial charge in [0.1, 0.15) is 0 Å². The molecule has 3 aliphatic rings. The van der Waals surface area contributed by atoms with E-state index < -0.39 is 11.7 Å². The van der Waals surface area contributed by atoms with Crippen LogP contribution in [0, 0.1) is 5.92 Å². The molecule has 1 aromatic carbocycles. The maximum atomic E-state index is 13.1. The van der Waals surface area contributed by atoms with Gasteiger partial charge in [-0.3, -0.25) is 4.99 Å². The summed E-state index contributed by atoms with van der Waals surface area (Å²) in [5.41, 5.74) is 0.706. The Bertz CT molecular complexity index is 833. The summed E-state index contributed by atoms with van der Waals surface area (Å²) in [6, 6.07) is 10.8. The van der Waals surface area contributed by atoms with Gasteiger partial charge in [-0.05, 0) is 24.3 Å². The summed E-state index contributed by atoms with van der Waals surface area (Å²) in [4.78, 5) is 8.59. The van der Waals surface area contributed by atoms with Crippen molar-refractivity contribution in [3.8, 4) is 0 Å². The number of rotatable bonds is 6. The standard InChI is InChI=1S/C24H31F3N4/c1-17(19-6-4-3-5-7-19)13-28-22-8-10-31(16-22)18(2)30-11-9-23-20(15-30)12-21(14-29-23)24(25,26)27/h3-7,12,14,17,20,22-23,28H,2,8-11,13,15-16H2,1H3. The van der Waals surface area contributed by atoms with E-state index in [0.29, 0.717) is 18.5 Å². The van der Waals surface area contributed by atoms with Gasteiger partial charge in [0.15, 0.2) is 0 Å². The molecule has 1 N–H and O–H groups in total. The highest BCUT2D eigenvalue weighted by Gasteiger charge is 2.39. The Morgan fingerprint density at radius 1 is 1.16 bits per heavy atom. The molecular weight excluding hydrogens is 401 g/mol. The molecule has 4 atom stereocenters. The molecular formula is C24H31F3N4.